The Morgan fingerprint density at radius 3 is 1.41 bits per heavy atom. The quantitative estimate of drug-likeness (QED) is 0.213. The number of rotatable bonds is 4. The fourth-order valence-corrected chi connectivity index (χ4v) is 6.29. The van der Waals surface area contributed by atoms with Gasteiger partial charge in [-0.2, -0.15) is 0 Å². The smallest absolute Gasteiger partial charge is 0.161 e. The van der Waals surface area contributed by atoms with E-state index < -0.39 is 0 Å². The predicted octanol–water partition coefficient (Wildman–Crippen LogP) is 10.9. The molecule has 0 bridgehead atoms. The molecular weight excluding hydrogens is 540 g/mol. The van der Waals surface area contributed by atoms with Crippen LogP contribution in [0, 0.1) is 0 Å². The minimum Gasteiger partial charge on any atom is -0.455 e. The van der Waals surface area contributed by atoms with Crippen LogP contribution < -0.4 is 0 Å². The molecule has 4 heteroatoms. The first-order valence-corrected chi connectivity index (χ1v) is 14.7. The van der Waals surface area contributed by atoms with E-state index in [4.69, 9.17) is 18.8 Å². The Kier molecular flexibility index (Phi) is 5.47. The van der Waals surface area contributed by atoms with Gasteiger partial charge in [-0.15, -0.1) is 0 Å². The summed E-state index contributed by atoms with van der Waals surface area (Å²) in [6.07, 6.45) is 0. The van der Waals surface area contributed by atoms with Crippen LogP contribution in [0.15, 0.2) is 154 Å². The molecule has 0 aliphatic heterocycles. The molecule has 0 radical (unpaired) electrons. The summed E-state index contributed by atoms with van der Waals surface area (Å²) in [4.78, 5) is 10.5. The largest absolute Gasteiger partial charge is 0.455 e. The van der Waals surface area contributed by atoms with Crippen LogP contribution in [0.4, 0.5) is 0 Å². The molecule has 3 heterocycles. The number of nitrogens with zero attached hydrogens (tertiary/aromatic N) is 2. The van der Waals surface area contributed by atoms with Gasteiger partial charge in [-0.3, -0.25) is 0 Å². The van der Waals surface area contributed by atoms with E-state index in [9.17, 15) is 0 Å². The number of furan rings is 2. The molecule has 3 aromatic heterocycles. The van der Waals surface area contributed by atoms with E-state index in [-0.39, 0.29) is 0 Å². The highest BCUT2D eigenvalue weighted by molar-refractivity contribution is 6.11. The van der Waals surface area contributed by atoms with Crippen molar-refractivity contribution in [3.63, 3.8) is 0 Å². The van der Waals surface area contributed by atoms with E-state index in [2.05, 4.69) is 97.1 Å². The van der Waals surface area contributed by atoms with E-state index in [0.717, 1.165) is 83.1 Å². The second-order valence-electron chi connectivity index (χ2n) is 10.9. The van der Waals surface area contributed by atoms with E-state index in [1.54, 1.807) is 0 Å². The fourth-order valence-electron chi connectivity index (χ4n) is 6.29. The van der Waals surface area contributed by atoms with Gasteiger partial charge >= 0.3 is 0 Å². The molecule has 6 aromatic carbocycles. The Bertz CT molecular complexity index is 2370. The van der Waals surface area contributed by atoms with Crippen molar-refractivity contribution in [3.05, 3.63) is 146 Å². The minimum atomic E-state index is 0.637. The lowest BCUT2D eigenvalue weighted by molar-refractivity contribution is 0.669. The number of hydrogen-bond donors (Lipinski definition) is 0. The SMILES string of the molecule is c1ccc(-c2ccccc2-c2nc(-c3cccc4c3oc3ccccc34)cc(-c3cccc4c3oc3ccccc34)n2)cc1. The Balaban J connectivity index is 1.35. The molecular formula is C40H24N2O2. The first kappa shape index (κ1) is 24.6. The standard InChI is InChI=1S/C40H24N2O2/c1-2-12-25(13-3-1)26-14-4-5-17-31(26)40-41-34(32-20-10-18-29-27-15-6-8-22-36(27)43-38(29)32)24-35(42-40)33-21-11-19-30-28-16-7-9-23-37(28)44-39(30)33/h1-24H. The maximum absolute atomic E-state index is 6.45. The van der Waals surface area contributed by atoms with Crippen molar-refractivity contribution in [1.82, 2.24) is 9.97 Å². The summed E-state index contributed by atoms with van der Waals surface area (Å²) in [6.45, 7) is 0. The molecule has 0 spiro atoms. The lowest BCUT2D eigenvalue weighted by Gasteiger charge is -2.13. The molecule has 0 atom stereocenters. The van der Waals surface area contributed by atoms with Gasteiger partial charge < -0.3 is 8.83 Å². The van der Waals surface area contributed by atoms with Crippen molar-refractivity contribution in [2.45, 2.75) is 0 Å². The Labute approximate surface area is 252 Å². The zero-order chi connectivity index (χ0) is 29.0. The van der Waals surface area contributed by atoms with Crippen molar-refractivity contribution >= 4 is 43.9 Å². The highest BCUT2D eigenvalue weighted by Gasteiger charge is 2.20. The molecule has 0 aliphatic rings. The van der Waals surface area contributed by atoms with Gasteiger partial charge in [0, 0.05) is 38.2 Å². The molecule has 4 nitrogen and oxygen atoms in total. The predicted molar refractivity (Wildman–Crippen MR) is 178 cm³/mol. The monoisotopic (exact) mass is 564 g/mol. The van der Waals surface area contributed by atoms with Crippen molar-refractivity contribution in [1.29, 1.82) is 0 Å². The lowest BCUT2D eigenvalue weighted by atomic mass is 9.98. The van der Waals surface area contributed by atoms with Gasteiger partial charge in [0.05, 0.1) is 11.4 Å². The molecule has 206 valence electrons. The average Bonchev–Trinajstić information content (AvgIpc) is 3.67. The maximum atomic E-state index is 6.45. The van der Waals surface area contributed by atoms with Gasteiger partial charge in [0.15, 0.2) is 5.82 Å². The highest BCUT2D eigenvalue weighted by Crippen LogP contribution is 2.40. The van der Waals surface area contributed by atoms with Gasteiger partial charge in [0.1, 0.15) is 22.3 Å². The zero-order valence-corrected chi connectivity index (χ0v) is 23.6. The second kappa shape index (κ2) is 9.79. The fraction of sp³-hybridized carbons (Fsp3) is 0. The van der Waals surface area contributed by atoms with Crippen LogP contribution in [-0.4, -0.2) is 9.97 Å². The summed E-state index contributed by atoms with van der Waals surface area (Å²) < 4.78 is 12.9. The van der Waals surface area contributed by atoms with Gasteiger partial charge in [-0.25, -0.2) is 9.97 Å². The van der Waals surface area contributed by atoms with Crippen LogP contribution in [0.1, 0.15) is 0 Å². The van der Waals surface area contributed by atoms with Gasteiger partial charge in [0.25, 0.3) is 0 Å². The van der Waals surface area contributed by atoms with Crippen LogP contribution in [-0.2, 0) is 0 Å². The molecule has 0 amide bonds. The first-order chi connectivity index (χ1) is 21.8. The number of aromatic nitrogens is 2. The Morgan fingerprint density at radius 2 is 0.818 bits per heavy atom. The molecule has 9 aromatic rings. The lowest BCUT2D eigenvalue weighted by Crippen LogP contribution is -1.97. The van der Waals surface area contributed by atoms with Crippen LogP contribution in [0.3, 0.4) is 0 Å². The maximum Gasteiger partial charge on any atom is 0.161 e. The minimum absolute atomic E-state index is 0.637. The van der Waals surface area contributed by atoms with E-state index in [0.29, 0.717) is 5.82 Å². The summed E-state index contributed by atoms with van der Waals surface area (Å²) >= 11 is 0. The van der Waals surface area contributed by atoms with Crippen molar-refractivity contribution in [2.24, 2.45) is 0 Å². The van der Waals surface area contributed by atoms with Crippen LogP contribution >= 0.6 is 0 Å². The highest BCUT2D eigenvalue weighted by atomic mass is 16.3. The molecule has 0 saturated carbocycles. The average molecular weight is 565 g/mol. The third-order valence-corrected chi connectivity index (χ3v) is 8.34. The molecule has 44 heavy (non-hydrogen) atoms. The van der Waals surface area contributed by atoms with Crippen LogP contribution in [0.5, 0.6) is 0 Å². The molecule has 0 fully saturated rings. The molecule has 0 saturated heterocycles. The number of fused-ring (bicyclic) bond motifs is 6. The summed E-state index contributed by atoms with van der Waals surface area (Å²) in [6, 6.07) is 49.5. The summed E-state index contributed by atoms with van der Waals surface area (Å²) in [5.41, 5.74) is 9.85. The number of para-hydroxylation sites is 4. The Morgan fingerprint density at radius 1 is 0.364 bits per heavy atom. The number of hydrogen-bond acceptors (Lipinski definition) is 4. The molecule has 0 aliphatic carbocycles. The third-order valence-electron chi connectivity index (χ3n) is 8.34. The van der Waals surface area contributed by atoms with Gasteiger partial charge in [0.2, 0.25) is 0 Å². The van der Waals surface area contributed by atoms with Crippen LogP contribution in [0.2, 0.25) is 0 Å². The number of benzene rings is 6. The normalized spacial score (nSPS) is 11.6. The topological polar surface area (TPSA) is 52.1 Å². The van der Waals surface area contributed by atoms with E-state index in [1.165, 1.54) is 0 Å². The first-order valence-electron chi connectivity index (χ1n) is 14.7. The third kappa shape index (κ3) is 3.85. The second-order valence-corrected chi connectivity index (χ2v) is 10.9. The van der Waals surface area contributed by atoms with E-state index in [1.807, 2.05) is 48.5 Å². The van der Waals surface area contributed by atoms with Gasteiger partial charge in [-0.1, -0.05) is 115 Å². The zero-order valence-electron chi connectivity index (χ0n) is 23.6. The van der Waals surface area contributed by atoms with E-state index >= 15 is 0 Å². The summed E-state index contributed by atoms with van der Waals surface area (Å²) in [5.74, 6) is 0.637. The molecule has 0 N–H and O–H groups in total. The van der Waals surface area contributed by atoms with Crippen LogP contribution in [0.25, 0.3) is 88.9 Å². The van der Waals surface area contributed by atoms with Crippen molar-refractivity contribution in [2.75, 3.05) is 0 Å². The van der Waals surface area contributed by atoms with Gasteiger partial charge in [-0.05, 0) is 41.5 Å². The van der Waals surface area contributed by atoms with Crippen molar-refractivity contribution in [3.8, 4) is 45.0 Å². The summed E-state index contributed by atoms with van der Waals surface area (Å²) in [7, 11) is 0. The summed E-state index contributed by atoms with van der Waals surface area (Å²) in [5, 5.41) is 4.29. The molecule has 9 rings (SSSR count). The molecule has 0 unspecified atom stereocenters. The van der Waals surface area contributed by atoms with Crippen molar-refractivity contribution < 1.29 is 8.83 Å². The Hall–Kier alpha value is -6.00.